The fourth-order valence-corrected chi connectivity index (χ4v) is 3.57. The lowest BCUT2D eigenvalue weighted by molar-refractivity contribution is -0.126. The van der Waals surface area contributed by atoms with Crippen LogP contribution in [-0.4, -0.2) is 55.4 Å². The molecule has 0 radical (unpaired) electrons. The first kappa shape index (κ1) is 24.5. The van der Waals surface area contributed by atoms with Crippen molar-refractivity contribution in [3.05, 3.63) is 47.7 Å². The number of aromatic nitrogens is 3. The molecular weight excluding hydrogens is 465 g/mol. The average molecular weight is 488 g/mol. The zero-order valence-electron chi connectivity index (χ0n) is 18.6. The number of ether oxygens (including phenoxy) is 1. The third kappa shape index (κ3) is 5.59. The minimum atomic E-state index is -2.78. The van der Waals surface area contributed by atoms with Crippen LogP contribution in [0.5, 0.6) is 5.75 Å². The molecule has 1 aromatic carbocycles. The van der Waals surface area contributed by atoms with Gasteiger partial charge >= 0.3 is 0 Å². The molecule has 0 fully saturated rings. The smallest absolute Gasteiger partial charge is 0.264 e. The number of nitriles is 1. The lowest BCUT2D eigenvalue weighted by atomic mass is 10.2. The fraction of sp³-hybridized carbons (Fsp3) is 0.238. The van der Waals surface area contributed by atoms with Crippen molar-refractivity contribution in [3.8, 4) is 11.8 Å². The van der Waals surface area contributed by atoms with E-state index in [1.165, 1.54) is 42.4 Å². The molecule has 34 heavy (non-hydrogen) atoms. The number of carbonyl (C=O) groups is 2. The Morgan fingerprint density at radius 1 is 1.41 bits per heavy atom. The van der Waals surface area contributed by atoms with E-state index in [4.69, 9.17) is 10.00 Å². The molecule has 0 bridgehead atoms. The number of nitrogens with zero attached hydrogens (tertiary/aromatic N) is 4. The molecule has 0 aliphatic carbocycles. The number of carbonyl (C=O) groups excluding carboxylic acids is 2. The Kier molecular flexibility index (Phi) is 7.02. The van der Waals surface area contributed by atoms with Gasteiger partial charge in [-0.05, 0) is 37.4 Å². The van der Waals surface area contributed by atoms with Crippen molar-refractivity contribution in [2.24, 2.45) is 0 Å². The summed E-state index contributed by atoms with van der Waals surface area (Å²) in [7, 11) is -2.78. The van der Waals surface area contributed by atoms with Crippen LogP contribution in [0, 0.1) is 24.1 Å². The molecule has 3 N–H and O–H groups in total. The van der Waals surface area contributed by atoms with Gasteiger partial charge in [0.1, 0.15) is 30.0 Å². The standard InChI is InChI=1S/C21H22FN7O4S/c1-12-15(21(31)28-34(3,4)32)10-29-18(12)19(25-11-26-29)27-16-6-5-14(22)9-17(16)33-13(2)20(30)24-8-7-23/h5-6,9-11,13H,3,8H2,1-2,4H3,(H,24,30)(H,25,26,27)(H,28,31,32). The molecule has 2 aromatic heterocycles. The summed E-state index contributed by atoms with van der Waals surface area (Å²) in [5.74, 6) is 2.01. The van der Waals surface area contributed by atoms with Gasteiger partial charge in [0.25, 0.3) is 11.8 Å². The van der Waals surface area contributed by atoms with E-state index in [1.54, 1.807) is 13.0 Å². The topological polar surface area (TPSA) is 151 Å². The van der Waals surface area contributed by atoms with Gasteiger partial charge in [0.15, 0.2) is 11.9 Å². The summed E-state index contributed by atoms with van der Waals surface area (Å²) in [6, 6.07) is 5.50. The Bertz CT molecular complexity index is 1410. The SMILES string of the molecule is C=S(C)(=O)NC(=O)c1cn2ncnc(Nc3ccc(F)cc3OC(C)C(=O)NCC#N)c2c1C. The van der Waals surface area contributed by atoms with Gasteiger partial charge in [0.05, 0.1) is 17.3 Å². The summed E-state index contributed by atoms with van der Waals surface area (Å²) in [6.45, 7) is 2.94. The molecule has 0 aliphatic rings. The van der Waals surface area contributed by atoms with Crippen molar-refractivity contribution in [2.45, 2.75) is 20.0 Å². The molecule has 13 heteroatoms. The van der Waals surface area contributed by atoms with Crippen molar-refractivity contribution in [3.63, 3.8) is 0 Å². The second-order valence-corrected chi connectivity index (χ2v) is 9.62. The molecule has 0 saturated carbocycles. The Balaban J connectivity index is 1.96. The Morgan fingerprint density at radius 3 is 2.82 bits per heavy atom. The molecule has 3 aromatic rings. The van der Waals surface area contributed by atoms with Gasteiger partial charge in [0.2, 0.25) is 0 Å². The number of amides is 2. The third-order valence-electron chi connectivity index (χ3n) is 4.59. The summed E-state index contributed by atoms with van der Waals surface area (Å²) in [5, 5.41) is 18.1. The second-order valence-electron chi connectivity index (χ2n) is 7.41. The number of aryl methyl sites for hydroxylation is 1. The van der Waals surface area contributed by atoms with Gasteiger partial charge < -0.3 is 15.4 Å². The maximum atomic E-state index is 13.9. The lowest BCUT2D eigenvalue weighted by Crippen LogP contribution is -2.36. The van der Waals surface area contributed by atoms with Crippen LogP contribution in [0.25, 0.3) is 5.52 Å². The van der Waals surface area contributed by atoms with Crippen molar-refractivity contribution in [1.82, 2.24) is 24.6 Å². The molecular formula is C21H22FN7O4S. The summed E-state index contributed by atoms with van der Waals surface area (Å²) >= 11 is 0. The number of hydrogen-bond donors (Lipinski definition) is 3. The Morgan fingerprint density at radius 2 is 2.15 bits per heavy atom. The summed E-state index contributed by atoms with van der Waals surface area (Å²) in [5.41, 5.74) is 1.45. The largest absolute Gasteiger partial charge is 0.479 e. The van der Waals surface area contributed by atoms with Crippen molar-refractivity contribution in [1.29, 1.82) is 5.26 Å². The average Bonchev–Trinajstić information content (AvgIpc) is 3.10. The number of rotatable bonds is 8. The molecule has 2 heterocycles. The number of hydrogen-bond acceptors (Lipinski definition) is 8. The van der Waals surface area contributed by atoms with E-state index in [2.05, 4.69) is 31.3 Å². The molecule has 11 nitrogen and oxygen atoms in total. The molecule has 178 valence electrons. The maximum Gasteiger partial charge on any atom is 0.264 e. The number of halogens is 1. The minimum absolute atomic E-state index is 0.0290. The molecule has 2 unspecified atom stereocenters. The van der Waals surface area contributed by atoms with Gasteiger partial charge in [-0.3, -0.25) is 14.3 Å². The van der Waals surface area contributed by atoms with Crippen LogP contribution in [0.15, 0.2) is 30.7 Å². The summed E-state index contributed by atoms with van der Waals surface area (Å²) < 4.78 is 35.2. The zero-order chi connectivity index (χ0) is 25.0. The van der Waals surface area contributed by atoms with Crippen molar-refractivity contribution < 1.29 is 22.9 Å². The first-order chi connectivity index (χ1) is 16.0. The summed E-state index contributed by atoms with van der Waals surface area (Å²) in [4.78, 5) is 28.8. The quantitative estimate of drug-likeness (QED) is 0.318. The van der Waals surface area contributed by atoms with Gasteiger partial charge in [-0.2, -0.15) is 10.4 Å². The number of benzene rings is 1. The third-order valence-corrected chi connectivity index (χ3v) is 5.21. The Labute approximate surface area is 195 Å². The van der Waals surface area contributed by atoms with E-state index in [0.29, 0.717) is 16.8 Å². The van der Waals surface area contributed by atoms with Crippen LogP contribution in [0.4, 0.5) is 15.9 Å². The molecule has 0 saturated heterocycles. The van der Waals surface area contributed by atoms with Gasteiger partial charge in [-0.1, -0.05) is 0 Å². The number of anilines is 2. The van der Waals surface area contributed by atoms with E-state index >= 15 is 0 Å². The zero-order valence-corrected chi connectivity index (χ0v) is 19.4. The van der Waals surface area contributed by atoms with Crippen molar-refractivity contribution in [2.75, 3.05) is 18.1 Å². The van der Waals surface area contributed by atoms with Crippen LogP contribution >= 0.6 is 0 Å². The normalized spacial score (nSPS) is 13.4. The van der Waals surface area contributed by atoms with E-state index < -0.39 is 33.4 Å². The molecule has 0 aliphatic heterocycles. The monoisotopic (exact) mass is 487 g/mol. The van der Waals surface area contributed by atoms with E-state index in [-0.39, 0.29) is 23.7 Å². The van der Waals surface area contributed by atoms with E-state index in [1.807, 2.05) is 0 Å². The van der Waals surface area contributed by atoms with E-state index in [9.17, 15) is 18.2 Å². The molecule has 0 spiro atoms. The van der Waals surface area contributed by atoms with Crippen molar-refractivity contribution >= 4 is 44.4 Å². The molecule has 3 rings (SSSR count). The highest BCUT2D eigenvalue weighted by molar-refractivity contribution is 7.98. The molecule has 2 atom stereocenters. The van der Waals surface area contributed by atoms with Crippen LogP contribution in [0.3, 0.4) is 0 Å². The fourth-order valence-electron chi connectivity index (χ4n) is 3.07. The van der Waals surface area contributed by atoms with Crippen LogP contribution < -0.4 is 20.1 Å². The predicted molar refractivity (Wildman–Crippen MR) is 125 cm³/mol. The predicted octanol–water partition coefficient (Wildman–Crippen LogP) is 1.32. The van der Waals surface area contributed by atoms with Crippen LogP contribution in [0.2, 0.25) is 0 Å². The lowest BCUT2D eigenvalue weighted by Gasteiger charge is -2.17. The maximum absolute atomic E-state index is 13.9. The number of fused-ring (bicyclic) bond motifs is 1. The van der Waals surface area contributed by atoms with Gasteiger partial charge in [-0.25, -0.2) is 18.1 Å². The minimum Gasteiger partial charge on any atom is -0.479 e. The highest BCUT2D eigenvalue weighted by atomic mass is 32.2. The van der Waals surface area contributed by atoms with Gasteiger partial charge in [-0.15, -0.1) is 0 Å². The first-order valence-corrected chi connectivity index (χ1v) is 12.0. The van der Waals surface area contributed by atoms with E-state index in [0.717, 1.165) is 6.07 Å². The first-order valence-electron chi connectivity index (χ1n) is 9.85. The highest BCUT2D eigenvalue weighted by Gasteiger charge is 2.21. The second kappa shape index (κ2) is 9.75. The number of nitrogens with one attached hydrogen (secondary N) is 3. The van der Waals surface area contributed by atoms with Crippen LogP contribution in [-0.2, 0) is 14.5 Å². The highest BCUT2D eigenvalue weighted by Crippen LogP contribution is 2.32. The Hall–Kier alpha value is -4.18. The van der Waals surface area contributed by atoms with Crippen LogP contribution in [0.1, 0.15) is 22.8 Å². The molecule has 2 amide bonds. The van der Waals surface area contributed by atoms with Gasteiger partial charge in [0, 0.05) is 28.2 Å². The summed E-state index contributed by atoms with van der Waals surface area (Å²) in [6.07, 6.45) is 3.00.